The third-order valence-electron chi connectivity index (χ3n) is 2.86. The molecule has 0 spiro atoms. The van der Waals surface area contributed by atoms with Gasteiger partial charge in [-0.1, -0.05) is 24.3 Å². The fraction of sp³-hybridized carbons (Fsp3) is 0.364. The van der Waals surface area contributed by atoms with Gasteiger partial charge in [0.1, 0.15) is 0 Å². The van der Waals surface area contributed by atoms with Crippen LogP contribution in [0, 0.1) is 0 Å². The van der Waals surface area contributed by atoms with Crippen LogP contribution in [-0.4, -0.2) is 11.1 Å². The van der Waals surface area contributed by atoms with Crippen LogP contribution in [0.2, 0.25) is 0 Å². The van der Waals surface area contributed by atoms with Crippen LogP contribution in [0.25, 0.3) is 0 Å². The minimum atomic E-state index is -0.829. The topological polar surface area (TPSA) is 63.3 Å². The zero-order valence-electron chi connectivity index (χ0n) is 7.86. The van der Waals surface area contributed by atoms with Crippen molar-refractivity contribution in [2.75, 3.05) is 0 Å². The highest BCUT2D eigenvalue weighted by atomic mass is 16.4. The van der Waals surface area contributed by atoms with Gasteiger partial charge in [-0.3, -0.25) is 4.79 Å². The van der Waals surface area contributed by atoms with Crippen molar-refractivity contribution in [2.24, 2.45) is 5.73 Å². The average molecular weight is 191 g/mol. The SMILES string of the molecule is N[C@]1(CC(=O)O)CCc2ccccc21. The maximum absolute atomic E-state index is 10.7. The molecule has 0 saturated carbocycles. The molecule has 1 atom stereocenters. The Balaban J connectivity index is 2.37. The molecular weight excluding hydrogens is 178 g/mol. The van der Waals surface area contributed by atoms with Crippen molar-refractivity contribution in [3.05, 3.63) is 35.4 Å². The van der Waals surface area contributed by atoms with Crippen LogP contribution in [0.15, 0.2) is 24.3 Å². The Labute approximate surface area is 82.5 Å². The highest BCUT2D eigenvalue weighted by molar-refractivity contribution is 5.69. The van der Waals surface area contributed by atoms with Crippen LogP contribution < -0.4 is 5.73 Å². The second kappa shape index (κ2) is 3.10. The fourth-order valence-corrected chi connectivity index (χ4v) is 2.17. The van der Waals surface area contributed by atoms with E-state index in [1.54, 1.807) is 0 Å². The summed E-state index contributed by atoms with van der Waals surface area (Å²) in [4.78, 5) is 10.7. The van der Waals surface area contributed by atoms with E-state index in [1.807, 2.05) is 24.3 Å². The standard InChI is InChI=1S/C11H13NO2/c12-11(7-10(13)14)6-5-8-3-1-2-4-9(8)11/h1-4H,5-7,12H2,(H,13,14)/t11-/m0/s1. The molecule has 74 valence electrons. The molecule has 0 aromatic heterocycles. The van der Waals surface area contributed by atoms with Crippen LogP contribution in [0.3, 0.4) is 0 Å². The smallest absolute Gasteiger partial charge is 0.305 e. The van der Waals surface area contributed by atoms with Gasteiger partial charge in [0.05, 0.1) is 12.0 Å². The van der Waals surface area contributed by atoms with Crippen molar-refractivity contribution in [3.63, 3.8) is 0 Å². The summed E-state index contributed by atoms with van der Waals surface area (Å²) in [6, 6.07) is 7.83. The average Bonchev–Trinajstić information content (AvgIpc) is 2.44. The summed E-state index contributed by atoms with van der Waals surface area (Å²) in [5.41, 5.74) is 7.63. The minimum absolute atomic E-state index is 0.0179. The van der Waals surface area contributed by atoms with E-state index in [0.717, 1.165) is 18.4 Å². The number of carboxylic acid groups (broad SMARTS) is 1. The zero-order valence-corrected chi connectivity index (χ0v) is 7.86. The predicted octanol–water partition coefficient (Wildman–Crippen LogP) is 1.26. The molecule has 2 rings (SSSR count). The molecule has 3 nitrogen and oxygen atoms in total. The third-order valence-corrected chi connectivity index (χ3v) is 2.86. The number of rotatable bonds is 2. The van der Waals surface area contributed by atoms with E-state index in [-0.39, 0.29) is 6.42 Å². The Morgan fingerprint density at radius 2 is 2.21 bits per heavy atom. The maximum atomic E-state index is 10.7. The number of nitrogens with two attached hydrogens (primary N) is 1. The molecule has 0 saturated heterocycles. The number of hydrogen-bond donors (Lipinski definition) is 2. The molecule has 0 fully saturated rings. The molecule has 14 heavy (non-hydrogen) atoms. The first-order valence-electron chi connectivity index (χ1n) is 4.71. The lowest BCUT2D eigenvalue weighted by Gasteiger charge is -2.22. The number of hydrogen-bond acceptors (Lipinski definition) is 2. The second-order valence-electron chi connectivity index (χ2n) is 3.88. The van der Waals surface area contributed by atoms with Gasteiger partial charge in [-0.25, -0.2) is 0 Å². The molecule has 3 N–H and O–H groups in total. The summed E-state index contributed by atoms with van der Waals surface area (Å²) in [7, 11) is 0. The van der Waals surface area contributed by atoms with Crippen LogP contribution in [-0.2, 0) is 16.8 Å². The number of aliphatic carboxylic acids is 1. The third kappa shape index (κ3) is 1.40. The largest absolute Gasteiger partial charge is 0.481 e. The quantitative estimate of drug-likeness (QED) is 0.739. The highest BCUT2D eigenvalue weighted by Crippen LogP contribution is 2.36. The van der Waals surface area contributed by atoms with Crippen molar-refractivity contribution in [1.29, 1.82) is 0 Å². The Morgan fingerprint density at radius 1 is 1.50 bits per heavy atom. The molecule has 3 heteroatoms. The maximum Gasteiger partial charge on any atom is 0.305 e. The van der Waals surface area contributed by atoms with Crippen LogP contribution in [0.5, 0.6) is 0 Å². The number of aryl methyl sites for hydroxylation is 1. The first kappa shape index (κ1) is 9.21. The summed E-state index contributed by atoms with van der Waals surface area (Å²) >= 11 is 0. The van der Waals surface area contributed by atoms with Gasteiger partial charge in [0.15, 0.2) is 0 Å². The summed E-state index contributed by atoms with van der Waals surface area (Å²) in [6.07, 6.45) is 1.64. The van der Waals surface area contributed by atoms with Crippen molar-refractivity contribution in [3.8, 4) is 0 Å². The van der Waals surface area contributed by atoms with Gasteiger partial charge in [-0.05, 0) is 24.0 Å². The van der Waals surface area contributed by atoms with E-state index >= 15 is 0 Å². The van der Waals surface area contributed by atoms with Gasteiger partial charge in [-0.2, -0.15) is 0 Å². The lowest BCUT2D eigenvalue weighted by Crippen LogP contribution is -2.36. The summed E-state index contributed by atoms with van der Waals surface area (Å²) in [6.45, 7) is 0. The Hall–Kier alpha value is -1.35. The molecule has 0 bridgehead atoms. The van der Waals surface area contributed by atoms with E-state index in [4.69, 9.17) is 10.8 Å². The molecule has 1 aromatic rings. The van der Waals surface area contributed by atoms with Crippen LogP contribution >= 0.6 is 0 Å². The molecule has 0 unspecified atom stereocenters. The van der Waals surface area contributed by atoms with Crippen molar-refractivity contribution in [2.45, 2.75) is 24.8 Å². The molecule has 0 radical (unpaired) electrons. The van der Waals surface area contributed by atoms with Crippen molar-refractivity contribution < 1.29 is 9.90 Å². The Bertz CT molecular complexity index is 375. The van der Waals surface area contributed by atoms with Gasteiger partial charge in [0.2, 0.25) is 0 Å². The van der Waals surface area contributed by atoms with Gasteiger partial charge in [0.25, 0.3) is 0 Å². The minimum Gasteiger partial charge on any atom is -0.481 e. The monoisotopic (exact) mass is 191 g/mol. The normalized spacial score (nSPS) is 24.6. The van der Waals surface area contributed by atoms with Crippen LogP contribution in [0.4, 0.5) is 0 Å². The summed E-state index contributed by atoms with van der Waals surface area (Å²) < 4.78 is 0. The van der Waals surface area contributed by atoms with E-state index in [2.05, 4.69) is 0 Å². The Kier molecular flexibility index (Phi) is 2.04. The van der Waals surface area contributed by atoms with E-state index in [0.29, 0.717) is 0 Å². The molecule has 0 aliphatic heterocycles. The number of fused-ring (bicyclic) bond motifs is 1. The fourth-order valence-electron chi connectivity index (χ4n) is 2.17. The lowest BCUT2D eigenvalue weighted by molar-refractivity contribution is -0.138. The van der Waals surface area contributed by atoms with Crippen LogP contribution in [0.1, 0.15) is 24.0 Å². The molecule has 1 aromatic carbocycles. The van der Waals surface area contributed by atoms with Gasteiger partial charge in [-0.15, -0.1) is 0 Å². The summed E-state index contributed by atoms with van der Waals surface area (Å²) in [5.74, 6) is -0.829. The number of carbonyl (C=O) groups is 1. The first-order chi connectivity index (χ1) is 6.62. The molecule has 0 amide bonds. The Morgan fingerprint density at radius 3 is 2.93 bits per heavy atom. The number of carboxylic acids is 1. The van der Waals surface area contributed by atoms with Gasteiger partial charge >= 0.3 is 5.97 Å². The number of benzene rings is 1. The lowest BCUT2D eigenvalue weighted by atomic mass is 9.90. The molecular formula is C11H13NO2. The highest BCUT2D eigenvalue weighted by Gasteiger charge is 2.36. The van der Waals surface area contributed by atoms with Gasteiger partial charge in [0, 0.05) is 0 Å². The first-order valence-corrected chi connectivity index (χ1v) is 4.71. The van der Waals surface area contributed by atoms with E-state index in [9.17, 15) is 4.79 Å². The van der Waals surface area contributed by atoms with E-state index < -0.39 is 11.5 Å². The van der Waals surface area contributed by atoms with E-state index in [1.165, 1.54) is 5.56 Å². The molecule has 0 heterocycles. The second-order valence-corrected chi connectivity index (χ2v) is 3.88. The summed E-state index contributed by atoms with van der Waals surface area (Å²) in [5, 5.41) is 8.78. The van der Waals surface area contributed by atoms with Gasteiger partial charge < -0.3 is 10.8 Å². The van der Waals surface area contributed by atoms with Crippen molar-refractivity contribution >= 4 is 5.97 Å². The molecule has 1 aliphatic rings. The molecule has 1 aliphatic carbocycles. The van der Waals surface area contributed by atoms with Crippen molar-refractivity contribution in [1.82, 2.24) is 0 Å². The zero-order chi connectivity index (χ0) is 10.2. The predicted molar refractivity (Wildman–Crippen MR) is 52.9 cm³/mol.